The van der Waals surface area contributed by atoms with E-state index in [1.54, 1.807) is 12.1 Å². The fraction of sp³-hybridized carbons (Fsp3) is 0.231. The van der Waals surface area contributed by atoms with Gasteiger partial charge < -0.3 is 5.32 Å². The highest BCUT2D eigenvalue weighted by molar-refractivity contribution is 9.10. The monoisotopic (exact) mass is 385 g/mol. The molecule has 0 aliphatic heterocycles. The second-order valence-electron chi connectivity index (χ2n) is 4.46. The summed E-state index contributed by atoms with van der Waals surface area (Å²) in [6.07, 6.45) is 2.28. The van der Waals surface area contributed by atoms with Crippen LogP contribution >= 0.6 is 31.9 Å². The molecule has 1 fully saturated rings. The van der Waals surface area contributed by atoms with Gasteiger partial charge in [0.2, 0.25) is 0 Å². The Morgan fingerprint density at radius 3 is 2.68 bits per heavy atom. The predicted molar refractivity (Wildman–Crippen MR) is 79.1 cm³/mol. The molecule has 0 bridgehead atoms. The van der Waals surface area contributed by atoms with Gasteiger partial charge in [0.1, 0.15) is 22.1 Å². The summed E-state index contributed by atoms with van der Waals surface area (Å²) in [4.78, 5) is 8.82. The first-order valence-electron chi connectivity index (χ1n) is 5.88. The highest BCUT2D eigenvalue weighted by Crippen LogP contribution is 2.39. The lowest BCUT2D eigenvalue weighted by Gasteiger charge is -2.09. The largest absolute Gasteiger partial charge is 0.339 e. The summed E-state index contributed by atoms with van der Waals surface area (Å²) in [5.74, 6) is 1.68. The molecule has 1 aliphatic rings. The van der Waals surface area contributed by atoms with Gasteiger partial charge >= 0.3 is 0 Å². The zero-order valence-electron chi connectivity index (χ0n) is 9.83. The Labute approximate surface area is 126 Å². The number of halogens is 3. The molecule has 1 N–H and O–H groups in total. The molecule has 2 aromatic rings. The molecular weight excluding hydrogens is 377 g/mol. The van der Waals surface area contributed by atoms with Gasteiger partial charge in [0, 0.05) is 16.5 Å². The first-order valence-corrected chi connectivity index (χ1v) is 7.47. The summed E-state index contributed by atoms with van der Waals surface area (Å²) in [5.41, 5.74) is 0.646. The average molecular weight is 387 g/mol. The highest BCUT2D eigenvalue weighted by Gasteiger charge is 2.27. The Bertz CT molecular complexity index is 629. The van der Waals surface area contributed by atoms with E-state index in [4.69, 9.17) is 0 Å². The molecule has 1 saturated carbocycles. The summed E-state index contributed by atoms with van der Waals surface area (Å²) in [7, 11) is 0. The van der Waals surface area contributed by atoms with Crippen molar-refractivity contribution in [2.45, 2.75) is 18.8 Å². The third kappa shape index (κ3) is 3.12. The number of benzene rings is 1. The second kappa shape index (κ2) is 5.17. The van der Waals surface area contributed by atoms with Gasteiger partial charge in [-0.3, -0.25) is 0 Å². The number of nitrogens with one attached hydrogen (secondary N) is 1. The molecule has 19 heavy (non-hydrogen) atoms. The number of hydrogen-bond donors (Lipinski definition) is 1. The van der Waals surface area contributed by atoms with Gasteiger partial charge in [0.25, 0.3) is 0 Å². The maximum absolute atomic E-state index is 13.2. The molecule has 0 spiro atoms. The highest BCUT2D eigenvalue weighted by atomic mass is 79.9. The maximum Gasteiger partial charge on any atom is 0.135 e. The summed E-state index contributed by atoms with van der Waals surface area (Å²) in [6.45, 7) is 0. The van der Waals surface area contributed by atoms with Crippen molar-refractivity contribution in [3.63, 3.8) is 0 Å². The van der Waals surface area contributed by atoms with E-state index in [1.807, 2.05) is 0 Å². The Morgan fingerprint density at radius 2 is 1.95 bits per heavy atom. The van der Waals surface area contributed by atoms with Crippen LogP contribution in [0, 0.1) is 5.82 Å². The van der Waals surface area contributed by atoms with E-state index in [0.29, 0.717) is 17.4 Å². The van der Waals surface area contributed by atoms with Gasteiger partial charge in [-0.1, -0.05) is 0 Å². The molecule has 1 aromatic heterocycles. The van der Waals surface area contributed by atoms with Crippen molar-refractivity contribution in [1.82, 2.24) is 9.97 Å². The maximum atomic E-state index is 13.2. The number of hydrogen-bond acceptors (Lipinski definition) is 3. The van der Waals surface area contributed by atoms with Crippen molar-refractivity contribution in [2.75, 3.05) is 5.32 Å². The van der Waals surface area contributed by atoms with Crippen molar-refractivity contribution in [3.05, 3.63) is 45.0 Å². The Kier molecular flexibility index (Phi) is 3.54. The average Bonchev–Trinajstić information content (AvgIpc) is 3.17. The fourth-order valence-electron chi connectivity index (χ4n) is 1.75. The van der Waals surface area contributed by atoms with Crippen molar-refractivity contribution in [3.8, 4) is 0 Å². The normalized spacial score (nSPS) is 14.5. The number of aromatic nitrogens is 2. The summed E-state index contributed by atoms with van der Waals surface area (Å²) in [6, 6.07) is 6.27. The molecule has 1 heterocycles. The van der Waals surface area contributed by atoms with Crippen molar-refractivity contribution >= 4 is 43.4 Å². The minimum Gasteiger partial charge on any atom is -0.339 e. The third-order valence-electron chi connectivity index (χ3n) is 2.85. The molecule has 1 aromatic carbocycles. The van der Waals surface area contributed by atoms with E-state index in [2.05, 4.69) is 47.1 Å². The van der Waals surface area contributed by atoms with E-state index in [0.717, 1.165) is 27.7 Å². The van der Waals surface area contributed by atoms with Crippen LogP contribution in [-0.2, 0) is 0 Å². The van der Waals surface area contributed by atoms with Gasteiger partial charge in [-0.25, -0.2) is 14.4 Å². The molecule has 98 valence electrons. The van der Waals surface area contributed by atoms with Crippen LogP contribution in [0.2, 0.25) is 0 Å². The lowest BCUT2D eigenvalue weighted by atomic mass is 10.3. The van der Waals surface area contributed by atoms with Crippen molar-refractivity contribution in [1.29, 1.82) is 0 Å². The number of anilines is 2. The van der Waals surface area contributed by atoms with Gasteiger partial charge in [-0.05, 0) is 62.9 Å². The number of nitrogens with zero attached hydrogens (tertiary/aromatic N) is 2. The first kappa shape index (κ1) is 13.0. The topological polar surface area (TPSA) is 37.8 Å². The molecule has 0 radical (unpaired) electrons. The van der Waals surface area contributed by atoms with Crippen LogP contribution in [0.15, 0.2) is 33.3 Å². The van der Waals surface area contributed by atoms with Crippen LogP contribution in [0.5, 0.6) is 0 Å². The molecule has 0 unspecified atom stereocenters. The standard InChI is InChI=1S/C13H10Br2FN3/c14-9-4-3-8(16)5-10(9)17-12-6-11(15)18-13(19-12)7-1-2-7/h3-7H,1-2H2,(H,17,18,19). The lowest BCUT2D eigenvalue weighted by molar-refractivity contribution is 0.628. The Hall–Kier alpha value is -1.01. The molecule has 6 heteroatoms. The lowest BCUT2D eigenvalue weighted by Crippen LogP contribution is -2.00. The van der Waals surface area contributed by atoms with Crippen LogP contribution < -0.4 is 5.32 Å². The summed E-state index contributed by atoms with van der Waals surface area (Å²) >= 11 is 6.76. The smallest absolute Gasteiger partial charge is 0.135 e. The van der Waals surface area contributed by atoms with E-state index in [-0.39, 0.29) is 5.82 Å². The summed E-state index contributed by atoms with van der Waals surface area (Å²) < 4.78 is 14.8. The zero-order valence-corrected chi connectivity index (χ0v) is 13.0. The molecule has 3 rings (SSSR count). The van der Waals surface area contributed by atoms with Gasteiger partial charge in [0.05, 0.1) is 5.69 Å². The number of rotatable bonds is 3. The van der Waals surface area contributed by atoms with Crippen LogP contribution in [0.25, 0.3) is 0 Å². The molecule has 0 amide bonds. The Morgan fingerprint density at radius 1 is 1.16 bits per heavy atom. The van der Waals surface area contributed by atoms with Crippen LogP contribution in [0.4, 0.5) is 15.9 Å². The van der Waals surface area contributed by atoms with E-state index in [1.165, 1.54) is 12.1 Å². The van der Waals surface area contributed by atoms with Gasteiger partial charge in [0.15, 0.2) is 0 Å². The molecule has 1 aliphatic carbocycles. The van der Waals surface area contributed by atoms with E-state index >= 15 is 0 Å². The first-order chi connectivity index (χ1) is 9.11. The van der Waals surface area contributed by atoms with Crippen LogP contribution in [0.1, 0.15) is 24.6 Å². The molecule has 0 atom stereocenters. The SMILES string of the molecule is Fc1ccc(Br)c(Nc2cc(Br)nc(C3CC3)n2)c1. The zero-order chi connectivity index (χ0) is 13.4. The quantitative estimate of drug-likeness (QED) is 0.772. The minimum absolute atomic E-state index is 0.291. The van der Waals surface area contributed by atoms with Gasteiger partial charge in [-0.2, -0.15) is 0 Å². The van der Waals surface area contributed by atoms with Crippen LogP contribution in [0.3, 0.4) is 0 Å². The molecule has 3 nitrogen and oxygen atoms in total. The van der Waals surface area contributed by atoms with Crippen LogP contribution in [-0.4, -0.2) is 9.97 Å². The minimum atomic E-state index is -0.291. The van der Waals surface area contributed by atoms with Gasteiger partial charge in [-0.15, -0.1) is 0 Å². The van der Waals surface area contributed by atoms with E-state index < -0.39 is 0 Å². The second-order valence-corrected chi connectivity index (χ2v) is 6.12. The Balaban J connectivity index is 1.92. The van der Waals surface area contributed by atoms with Crippen molar-refractivity contribution < 1.29 is 4.39 Å². The van der Waals surface area contributed by atoms with E-state index in [9.17, 15) is 4.39 Å². The van der Waals surface area contributed by atoms with Crippen molar-refractivity contribution in [2.24, 2.45) is 0 Å². The molecule has 0 saturated heterocycles. The summed E-state index contributed by atoms with van der Waals surface area (Å²) in [5, 5.41) is 3.11. The fourth-order valence-corrected chi connectivity index (χ4v) is 2.50. The predicted octanol–water partition coefficient (Wildman–Crippen LogP) is 4.76. The molecular formula is C13H10Br2FN3. The third-order valence-corrected chi connectivity index (χ3v) is 3.94.